The predicted octanol–water partition coefficient (Wildman–Crippen LogP) is 4.57. The molecule has 0 spiro atoms. The van der Waals surface area contributed by atoms with E-state index >= 15 is 0 Å². The summed E-state index contributed by atoms with van der Waals surface area (Å²) in [6.07, 6.45) is 2.39. The topological polar surface area (TPSA) is 54.7 Å². The molecule has 0 fully saturated rings. The Balaban J connectivity index is 1.67. The van der Waals surface area contributed by atoms with Crippen molar-refractivity contribution < 1.29 is 13.9 Å². The smallest absolute Gasteiger partial charge is 0.322 e. The third-order valence-corrected chi connectivity index (χ3v) is 4.07. The molecule has 0 radical (unpaired) electrons. The summed E-state index contributed by atoms with van der Waals surface area (Å²) in [7, 11) is 1.61. The monoisotopic (exact) mass is 350 g/mol. The van der Waals surface area contributed by atoms with Crippen molar-refractivity contribution in [2.75, 3.05) is 19.0 Å². The Bertz CT molecular complexity index is 799. The zero-order valence-electron chi connectivity index (χ0n) is 14.7. The minimum Gasteiger partial charge on any atom is -0.497 e. The van der Waals surface area contributed by atoms with Gasteiger partial charge >= 0.3 is 6.03 Å². The van der Waals surface area contributed by atoms with Crippen LogP contribution in [-0.4, -0.2) is 24.6 Å². The van der Waals surface area contributed by atoms with Crippen LogP contribution < -0.4 is 10.1 Å². The van der Waals surface area contributed by atoms with Crippen LogP contribution in [0.4, 0.5) is 10.5 Å². The molecule has 134 valence electrons. The highest BCUT2D eigenvalue weighted by atomic mass is 16.5. The molecule has 0 aliphatic heterocycles. The maximum Gasteiger partial charge on any atom is 0.322 e. The Morgan fingerprint density at radius 2 is 1.81 bits per heavy atom. The Labute approximate surface area is 153 Å². The predicted molar refractivity (Wildman–Crippen MR) is 101 cm³/mol. The lowest BCUT2D eigenvalue weighted by Gasteiger charge is -2.22. The summed E-state index contributed by atoms with van der Waals surface area (Å²) in [6, 6.07) is 20.9. The molecule has 26 heavy (non-hydrogen) atoms. The molecule has 5 heteroatoms. The highest BCUT2D eigenvalue weighted by Gasteiger charge is 2.15. The van der Waals surface area contributed by atoms with E-state index < -0.39 is 0 Å². The molecule has 5 nitrogen and oxygen atoms in total. The quantitative estimate of drug-likeness (QED) is 0.679. The van der Waals surface area contributed by atoms with Crippen molar-refractivity contribution in [1.82, 2.24) is 4.90 Å². The largest absolute Gasteiger partial charge is 0.497 e. The number of hydrogen-bond donors (Lipinski definition) is 1. The third kappa shape index (κ3) is 4.89. The van der Waals surface area contributed by atoms with Crippen molar-refractivity contribution in [1.29, 1.82) is 0 Å². The summed E-state index contributed by atoms with van der Waals surface area (Å²) in [6.45, 7) is 1.01. The highest BCUT2D eigenvalue weighted by molar-refractivity contribution is 5.89. The summed E-state index contributed by atoms with van der Waals surface area (Å²) in [5, 5.41) is 2.93. The van der Waals surface area contributed by atoms with Gasteiger partial charge in [-0.15, -0.1) is 0 Å². The van der Waals surface area contributed by atoms with E-state index in [-0.39, 0.29) is 6.03 Å². The molecule has 0 aliphatic carbocycles. The Morgan fingerprint density at radius 1 is 1.04 bits per heavy atom. The maximum atomic E-state index is 12.8. The van der Waals surface area contributed by atoms with Crippen LogP contribution in [0.5, 0.6) is 5.75 Å². The summed E-state index contributed by atoms with van der Waals surface area (Å²) in [5.41, 5.74) is 1.91. The van der Waals surface area contributed by atoms with Gasteiger partial charge in [-0.2, -0.15) is 0 Å². The molecule has 0 saturated heterocycles. The van der Waals surface area contributed by atoms with Gasteiger partial charge in [-0.1, -0.05) is 30.3 Å². The molecule has 3 aromatic rings. The minimum atomic E-state index is -0.164. The summed E-state index contributed by atoms with van der Waals surface area (Å²) >= 11 is 0. The average molecular weight is 350 g/mol. The summed E-state index contributed by atoms with van der Waals surface area (Å²) < 4.78 is 10.6. The average Bonchev–Trinajstić information content (AvgIpc) is 3.19. The lowest BCUT2D eigenvalue weighted by Crippen LogP contribution is -2.36. The molecule has 1 N–H and O–H groups in total. The van der Waals surface area contributed by atoms with Crippen molar-refractivity contribution in [3.05, 3.63) is 84.3 Å². The van der Waals surface area contributed by atoms with Crippen LogP contribution in [0.25, 0.3) is 0 Å². The van der Waals surface area contributed by atoms with Gasteiger partial charge in [0.05, 0.1) is 19.9 Å². The van der Waals surface area contributed by atoms with Crippen molar-refractivity contribution in [2.24, 2.45) is 0 Å². The van der Waals surface area contributed by atoms with Crippen molar-refractivity contribution in [3.8, 4) is 5.75 Å². The molecule has 3 rings (SSSR count). The van der Waals surface area contributed by atoms with E-state index in [1.807, 2.05) is 54.6 Å². The van der Waals surface area contributed by atoms with Gasteiger partial charge in [-0.25, -0.2) is 4.79 Å². The van der Waals surface area contributed by atoms with Gasteiger partial charge in [0.25, 0.3) is 0 Å². The number of urea groups is 1. The van der Waals surface area contributed by atoms with E-state index in [4.69, 9.17) is 9.15 Å². The Morgan fingerprint density at radius 3 is 2.46 bits per heavy atom. The van der Waals surface area contributed by atoms with Gasteiger partial charge in [0.2, 0.25) is 0 Å². The van der Waals surface area contributed by atoms with Crippen LogP contribution in [0.1, 0.15) is 11.3 Å². The van der Waals surface area contributed by atoms with E-state index in [2.05, 4.69) is 17.4 Å². The number of nitrogens with zero attached hydrogens (tertiary/aromatic N) is 1. The van der Waals surface area contributed by atoms with Crippen LogP contribution in [0, 0.1) is 0 Å². The maximum absolute atomic E-state index is 12.8. The zero-order chi connectivity index (χ0) is 18.2. The number of hydrogen-bond acceptors (Lipinski definition) is 3. The first-order chi connectivity index (χ1) is 12.7. The van der Waals surface area contributed by atoms with Gasteiger partial charge < -0.3 is 19.4 Å². The summed E-state index contributed by atoms with van der Waals surface area (Å²) in [5.74, 6) is 1.50. The lowest BCUT2D eigenvalue weighted by atomic mass is 10.1. The van der Waals surface area contributed by atoms with Gasteiger partial charge in [0.15, 0.2) is 0 Å². The normalized spacial score (nSPS) is 10.3. The van der Waals surface area contributed by atoms with Crippen molar-refractivity contribution in [2.45, 2.75) is 13.0 Å². The van der Waals surface area contributed by atoms with Crippen LogP contribution in [0.2, 0.25) is 0 Å². The number of nitrogens with one attached hydrogen (secondary N) is 1. The van der Waals surface area contributed by atoms with Gasteiger partial charge in [0, 0.05) is 12.2 Å². The number of anilines is 1. The molecule has 0 saturated carbocycles. The first-order valence-corrected chi connectivity index (χ1v) is 8.51. The fourth-order valence-electron chi connectivity index (χ4n) is 2.63. The van der Waals surface area contributed by atoms with E-state index in [1.54, 1.807) is 18.3 Å². The fourth-order valence-corrected chi connectivity index (χ4v) is 2.63. The van der Waals surface area contributed by atoms with Gasteiger partial charge in [0.1, 0.15) is 11.5 Å². The number of rotatable bonds is 7. The lowest BCUT2D eigenvalue weighted by molar-refractivity contribution is 0.205. The molecule has 0 unspecified atom stereocenters. The minimum absolute atomic E-state index is 0.164. The Hall–Kier alpha value is -3.21. The second kappa shape index (κ2) is 8.76. The number of ether oxygens (including phenoxy) is 1. The molecule has 1 heterocycles. The molecular formula is C21H22N2O3. The number of benzene rings is 2. The number of amides is 2. The number of methoxy groups -OCH3 is 1. The van der Waals surface area contributed by atoms with Crippen molar-refractivity contribution >= 4 is 11.7 Å². The van der Waals surface area contributed by atoms with E-state index in [1.165, 1.54) is 5.56 Å². The second-order valence-corrected chi connectivity index (χ2v) is 5.90. The van der Waals surface area contributed by atoms with Crippen molar-refractivity contribution in [3.63, 3.8) is 0 Å². The van der Waals surface area contributed by atoms with Gasteiger partial charge in [-0.05, 0) is 48.4 Å². The number of carbonyl (C=O) groups excluding carboxylic acids is 1. The van der Waals surface area contributed by atoms with Crippen LogP contribution in [-0.2, 0) is 13.0 Å². The third-order valence-electron chi connectivity index (χ3n) is 4.07. The van der Waals surface area contributed by atoms with E-state index in [0.717, 1.165) is 23.6 Å². The SMILES string of the molecule is COc1ccc(NC(=O)N(CCc2ccccc2)Cc2ccco2)cc1. The van der Waals surface area contributed by atoms with Crippen LogP contribution in [0.15, 0.2) is 77.4 Å². The molecule has 1 aromatic heterocycles. The summed E-state index contributed by atoms with van der Waals surface area (Å²) in [4.78, 5) is 14.5. The zero-order valence-corrected chi connectivity index (χ0v) is 14.7. The molecule has 2 amide bonds. The first-order valence-electron chi connectivity index (χ1n) is 8.51. The molecule has 2 aromatic carbocycles. The molecule has 0 atom stereocenters. The first kappa shape index (κ1) is 17.6. The number of furan rings is 1. The van der Waals surface area contributed by atoms with Crippen LogP contribution in [0.3, 0.4) is 0 Å². The standard InChI is InChI=1S/C21H22N2O3/c1-25-19-11-9-18(10-12-19)22-21(24)23(16-20-8-5-15-26-20)14-13-17-6-3-2-4-7-17/h2-12,15H,13-14,16H2,1H3,(H,22,24). The highest BCUT2D eigenvalue weighted by Crippen LogP contribution is 2.16. The molecule has 0 aliphatic rings. The van der Waals surface area contributed by atoms with E-state index in [0.29, 0.717) is 13.1 Å². The second-order valence-electron chi connectivity index (χ2n) is 5.90. The fraction of sp³-hybridized carbons (Fsp3) is 0.190. The van der Waals surface area contributed by atoms with Gasteiger partial charge in [-0.3, -0.25) is 0 Å². The number of carbonyl (C=O) groups is 1. The molecule has 0 bridgehead atoms. The van der Waals surface area contributed by atoms with E-state index in [9.17, 15) is 4.79 Å². The van der Waals surface area contributed by atoms with Crippen LogP contribution >= 0.6 is 0 Å². The Kier molecular flexibility index (Phi) is 5.93. The molecular weight excluding hydrogens is 328 g/mol.